The van der Waals surface area contributed by atoms with E-state index in [1.807, 2.05) is 12.2 Å². The van der Waals surface area contributed by atoms with Crippen LogP contribution >= 0.6 is 0 Å². The summed E-state index contributed by atoms with van der Waals surface area (Å²) >= 11 is 0. The summed E-state index contributed by atoms with van der Waals surface area (Å²) in [7, 11) is -3.55. The van der Waals surface area contributed by atoms with Crippen molar-refractivity contribution in [2.45, 2.75) is 108 Å². The molecule has 3 aliphatic rings. The van der Waals surface area contributed by atoms with E-state index >= 15 is 0 Å². The molecule has 15 nitrogen and oxygen atoms in total. The number of allylic oxidation sites excluding steroid dienone is 2. The minimum atomic E-state index is -3.55. The Labute approximate surface area is 297 Å². The summed E-state index contributed by atoms with van der Waals surface area (Å²) in [6.45, 7) is 5.02. The van der Waals surface area contributed by atoms with Gasteiger partial charge in [-0.2, -0.15) is 0 Å². The lowest BCUT2D eigenvalue weighted by Crippen LogP contribution is -2.53. The molecule has 3 fully saturated rings. The Balaban J connectivity index is 1.13. The summed E-state index contributed by atoms with van der Waals surface area (Å²) in [6, 6.07) is 2.69. The quantitative estimate of drug-likeness (QED) is 0.138. The Morgan fingerprint density at radius 2 is 1.76 bits per heavy atom. The Bertz CT molecular complexity index is 1790. The van der Waals surface area contributed by atoms with Crippen LogP contribution in [0.2, 0.25) is 0 Å². The number of nitrogens with one attached hydrogen (secondary N) is 2. The van der Waals surface area contributed by atoms with Crippen molar-refractivity contribution in [3.8, 4) is 0 Å². The molecule has 4 amide bonds. The number of amides is 4. The number of alkyl carbamates (subject to hydrolysis) is 1. The van der Waals surface area contributed by atoms with Crippen molar-refractivity contribution in [3.63, 3.8) is 0 Å². The maximum atomic E-state index is 13.9. The number of benzene rings is 1. The molecule has 0 spiro atoms. The van der Waals surface area contributed by atoms with Crippen LogP contribution in [0, 0.1) is 11.8 Å². The smallest absolute Gasteiger partial charge is 0.408 e. The second kappa shape index (κ2) is 15.7. The lowest BCUT2D eigenvalue weighted by atomic mass is 10.0. The fourth-order valence-electron chi connectivity index (χ4n) is 6.08. The molecule has 1 aromatic heterocycles. The van der Waals surface area contributed by atoms with Crippen molar-refractivity contribution in [3.05, 3.63) is 48.3 Å². The number of fused-ring (bicyclic) bond motifs is 1. The standard InChI is InChI=1S/C35H46N6O9S/c1-35(2,3)50-34(46)39-27(10-8-6-4-5-7-9-21-17-25(21)31(43)40-51(47,48)24-12-13-24)32(44)41-20-23(19-29(41)30(36)42)49-33(45)22-11-14-26-28(18-22)38-16-15-37-26/h7,9,11,14-16,18,21,23-25,27,29H,4-6,8,10,12-13,17,19-20H2,1-3H3,(H2,36,42)(H,39,46)(H,40,43)/b9-7-/t21-,23-,25+,27+,29+/m1/s1. The van der Waals surface area contributed by atoms with Crippen LogP contribution in [-0.2, 0) is 33.9 Å². The minimum absolute atomic E-state index is 0.00549. The van der Waals surface area contributed by atoms with Crippen molar-refractivity contribution in [1.29, 1.82) is 0 Å². The number of nitrogens with two attached hydrogens (primary N) is 1. The third kappa shape index (κ3) is 10.5. The minimum Gasteiger partial charge on any atom is -0.457 e. The molecule has 2 heterocycles. The van der Waals surface area contributed by atoms with Crippen LogP contribution in [0.5, 0.6) is 0 Å². The first-order valence-electron chi connectivity index (χ1n) is 17.3. The molecule has 0 bridgehead atoms. The Hall–Kier alpha value is -4.60. The van der Waals surface area contributed by atoms with Gasteiger partial charge in [0.25, 0.3) is 0 Å². The largest absolute Gasteiger partial charge is 0.457 e. The summed E-state index contributed by atoms with van der Waals surface area (Å²) in [5.41, 5.74) is 6.23. The number of hydrogen-bond donors (Lipinski definition) is 3. The second-order valence-electron chi connectivity index (χ2n) is 14.4. The van der Waals surface area contributed by atoms with Gasteiger partial charge >= 0.3 is 12.1 Å². The van der Waals surface area contributed by atoms with Gasteiger partial charge in [0.1, 0.15) is 23.8 Å². The number of sulfonamides is 1. The maximum absolute atomic E-state index is 13.9. The highest BCUT2D eigenvalue weighted by Crippen LogP contribution is 2.40. The monoisotopic (exact) mass is 726 g/mol. The molecule has 0 radical (unpaired) electrons. The van der Waals surface area contributed by atoms with Crippen molar-refractivity contribution in [1.82, 2.24) is 24.9 Å². The van der Waals surface area contributed by atoms with E-state index < -0.39 is 68.8 Å². The highest BCUT2D eigenvalue weighted by molar-refractivity contribution is 7.90. The van der Waals surface area contributed by atoms with E-state index in [1.54, 1.807) is 45.2 Å². The number of primary amides is 1. The molecule has 16 heteroatoms. The van der Waals surface area contributed by atoms with Crippen LogP contribution in [-0.4, -0.2) is 88.7 Å². The molecule has 0 unspecified atom stereocenters. The van der Waals surface area contributed by atoms with Crippen LogP contribution < -0.4 is 15.8 Å². The highest BCUT2D eigenvalue weighted by Gasteiger charge is 2.45. The van der Waals surface area contributed by atoms with E-state index in [2.05, 4.69) is 20.0 Å². The average molecular weight is 727 g/mol. The first kappa shape index (κ1) is 37.7. The third-order valence-electron chi connectivity index (χ3n) is 8.97. The first-order chi connectivity index (χ1) is 24.1. The number of ether oxygens (including phenoxy) is 2. The molecule has 5 atom stereocenters. The molecule has 276 valence electrons. The second-order valence-corrected chi connectivity index (χ2v) is 16.4. The highest BCUT2D eigenvalue weighted by atomic mass is 32.2. The fraction of sp³-hybridized carbons (Fsp3) is 0.571. The lowest BCUT2D eigenvalue weighted by molar-refractivity contribution is -0.139. The molecule has 1 saturated heterocycles. The lowest BCUT2D eigenvalue weighted by Gasteiger charge is -2.28. The van der Waals surface area contributed by atoms with Gasteiger partial charge in [-0.15, -0.1) is 0 Å². The Morgan fingerprint density at radius 1 is 1.04 bits per heavy atom. The predicted octanol–water partition coefficient (Wildman–Crippen LogP) is 2.89. The molecule has 1 aliphatic heterocycles. The van der Waals surface area contributed by atoms with E-state index in [-0.39, 0.29) is 36.8 Å². The molecule has 4 N–H and O–H groups in total. The van der Waals surface area contributed by atoms with Crippen LogP contribution in [0.15, 0.2) is 42.7 Å². The first-order valence-corrected chi connectivity index (χ1v) is 18.9. The molecular weight excluding hydrogens is 680 g/mol. The third-order valence-corrected chi connectivity index (χ3v) is 10.8. The number of esters is 1. The molecule has 2 aliphatic carbocycles. The number of aromatic nitrogens is 2. The fourth-order valence-corrected chi connectivity index (χ4v) is 7.43. The van der Waals surface area contributed by atoms with Crippen LogP contribution in [0.25, 0.3) is 11.0 Å². The van der Waals surface area contributed by atoms with Gasteiger partial charge in [-0.05, 0) is 83.4 Å². The van der Waals surface area contributed by atoms with Gasteiger partial charge in [0.15, 0.2) is 0 Å². The van der Waals surface area contributed by atoms with Gasteiger partial charge in [-0.1, -0.05) is 25.0 Å². The van der Waals surface area contributed by atoms with Gasteiger partial charge in [0, 0.05) is 24.7 Å². The van der Waals surface area contributed by atoms with Crippen molar-refractivity contribution in [2.75, 3.05) is 6.54 Å². The number of hydrogen-bond acceptors (Lipinski definition) is 11. The molecule has 2 saturated carbocycles. The molecular formula is C35H46N6O9S. The van der Waals surface area contributed by atoms with Crippen molar-refractivity contribution < 1.29 is 41.9 Å². The molecule has 1 aromatic carbocycles. The summed E-state index contributed by atoms with van der Waals surface area (Å²) in [5, 5.41) is 2.21. The zero-order valence-corrected chi connectivity index (χ0v) is 29.9. The van der Waals surface area contributed by atoms with Crippen LogP contribution in [0.1, 0.15) is 88.9 Å². The number of unbranched alkanes of at least 4 members (excludes halogenated alkanes) is 3. The van der Waals surface area contributed by atoms with Crippen molar-refractivity contribution >= 4 is 50.8 Å². The van der Waals surface area contributed by atoms with E-state index in [9.17, 15) is 32.4 Å². The predicted molar refractivity (Wildman–Crippen MR) is 185 cm³/mol. The summed E-state index contributed by atoms with van der Waals surface area (Å²) in [6.07, 6.45) is 10.2. The average Bonchev–Trinajstić information content (AvgIpc) is 3.99. The summed E-state index contributed by atoms with van der Waals surface area (Å²) in [5.74, 6) is -2.69. The number of likely N-dealkylation sites (tertiary alicyclic amines) is 1. The molecule has 51 heavy (non-hydrogen) atoms. The molecule has 5 rings (SSSR count). The van der Waals surface area contributed by atoms with E-state index in [0.29, 0.717) is 43.1 Å². The van der Waals surface area contributed by atoms with Crippen LogP contribution in [0.4, 0.5) is 4.79 Å². The Morgan fingerprint density at radius 3 is 2.45 bits per heavy atom. The Kier molecular flexibility index (Phi) is 11.6. The summed E-state index contributed by atoms with van der Waals surface area (Å²) < 4.78 is 37.3. The maximum Gasteiger partial charge on any atom is 0.408 e. The normalized spacial score (nSPS) is 22.4. The topological polar surface area (TPSA) is 217 Å². The van der Waals surface area contributed by atoms with Gasteiger partial charge in [0.05, 0.1) is 28.4 Å². The SMILES string of the molecule is CC(C)(C)OC(=O)N[C@@H](CCCCC/C=C\[C@@H]1C[C@@H]1C(=O)NS(=O)(=O)C1CC1)C(=O)N1C[C@H](OC(=O)c2ccc3nccnc3c2)C[C@H]1C(N)=O. The number of rotatable bonds is 15. The van der Waals surface area contributed by atoms with E-state index in [0.717, 1.165) is 12.8 Å². The molecule has 2 aromatic rings. The van der Waals surface area contributed by atoms with Gasteiger partial charge in [-0.3, -0.25) is 29.1 Å². The van der Waals surface area contributed by atoms with Gasteiger partial charge in [-0.25, -0.2) is 18.0 Å². The van der Waals surface area contributed by atoms with Crippen molar-refractivity contribution in [2.24, 2.45) is 17.6 Å². The van der Waals surface area contributed by atoms with Crippen LogP contribution in [0.3, 0.4) is 0 Å². The number of nitrogens with zero attached hydrogens (tertiary/aromatic N) is 3. The number of carbonyl (C=O) groups is 5. The van der Waals surface area contributed by atoms with E-state index in [4.69, 9.17) is 15.2 Å². The van der Waals surface area contributed by atoms with Gasteiger partial charge < -0.3 is 25.4 Å². The summed E-state index contributed by atoms with van der Waals surface area (Å²) in [4.78, 5) is 74.0. The van der Waals surface area contributed by atoms with E-state index in [1.165, 1.54) is 11.1 Å². The number of carbonyl (C=O) groups excluding carboxylic acids is 5. The zero-order chi connectivity index (χ0) is 36.9. The van der Waals surface area contributed by atoms with Gasteiger partial charge in [0.2, 0.25) is 27.7 Å². The zero-order valence-electron chi connectivity index (χ0n) is 29.1.